The first-order valence-electron chi connectivity index (χ1n) is 8.85. The molecule has 1 aromatic heterocycles. The highest BCUT2D eigenvalue weighted by molar-refractivity contribution is 5.14. The first-order valence-corrected chi connectivity index (χ1v) is 8.85. The van der Waals surface area contributed by atoms with Crippen molar-refractivity contribution in [2.45, 2.75) is 69.9 Å². The molecule has 0 aromatic carbocycles. The lowest BCUT2D eigenvalue weighted by Gasteiger charge is -2.45. The van der Waals surface area contributed by atoms with Crippen LogP contribution in [0.5, 0.6) is 0 Å². The minimum Gasteiger partial charge on any atom is -0.472 e. The summed E-state index contributed by atoms with van der Waals surface area (Å²) in [6.45, 7) is 5.99. The molecule has 3 rings (SSSR count). The second-order valence-corrected chi connectivity index (χ2v) is 6.85. The van der Waals surface area contributed by atoms with E-state index in [0.29, 0.717) is 11.6 Å². The van der Waals surface area contributed by atoms with Crippen LogP contribution < -0.4 is 5.32 Å². The van der Waals surface area contributed by atoms with Crippen LogP contribution in [0.2, 0.25) is 0 Å². The summed E-state index contributed by atoms with van der Waals surface area (Å²) in [5.41, 5.74) is 1.73. The van der Waals surface area contributed by atoms with E-state index in [0.717, 1.165) is 13.0 Å². The van der Waals surface area contributed by atoms with Crippen LogP contribution in [-0.2, 0) is 6.42 Å². The smallest absolute Gasteiger partial charge is 0.0935 e. The number of furan rings is 1. The Hall–Kier alpha value is -0.800. The molecule has 2 aliphatic rings. The van der Waals surface area contributed by atoms with E-state index >= 15 is 0 Å². The highest BCUT2D eigenvalue weighted by Gasteiger charge is 2.46. The predicted molar refractivity (Wildman–Crippen MR) is 86.5 cm³/mol. The Balaban J connectivity index is 1.80. The molecule has 1 saturated carbocycles. The van der Waals surface area contributed by atoms with Gasteiger partial charge in [-0.25, -0.2) is 0 Å². The fourth-order valence-electron chi connectivity index (χ4n) is 4.45. The third-order valence-corrected chi connectivity index (χ3v) is 5.51. The second-order valence-electron chi connectivity index (χ2n) is 6.85. The maximum absolute atomic E-state index is 5.30. The van der Waals surface area contributed by atoms with Crippen LogP contribution in [0.25, 0.3) is 0 Å². The normalized spacial score (nSPS) is 23.7. The monoisotopic (exact) mass is 290 g/mol. The molecule has 118 valence electrons. The third kappa shape index (κ3) is 3.19. The molecule has 2 heterocycles. The van der Waals surface area contributed by atoms with Crippen LogP contribution in [-0.4, -0.2) is 36.1 Å². The zero-order valence-corrected chi connectivity index (χ0v) is 13.4. The number of nitrogens with zero attached hydrogens (tertiary/aromatic N) is 1. The lowest BCUT2D eigenvalue weighted by atomic mass is 9.83. The summed E-state index contributed by atoms with van der Waals surface area (Å²) in [4.78, 5) is 2.81. The van der Waals surface area contributed by atoms with Crippen LogP contribution in [0.1, 0.15) is 57.4 Å². The second kappa shape index (κ2) is 6.97. The van der Waals surface area contributed by atoms with Crippen LogP contribution in [0, 0.1) is 0 Å². The van der Waals surface area contributed by atoms with Gasteiger partial charge in [-0.05, 0) is 69.8 Å². The number of rotatable bonds is 7. The van der Waals surface area contributed by atoms with E-state index in [1.807, 2.05) is 12.5 Å². The molecule has 0 amide bonds. The molecular weight excluding hydrogens is 260 g/mol. The van der Waals surface area contributed by atoms with Crippen molar-refractivity contribution >= 4 is 0 Å². The van der Waals surface area contributed by atoms with Gasteiger partial charge in [-0.2, -0.15) is 0 Å². The molecule has 2 fully saturated rings. The van der Waals surface area contributed by atoms with Crippen LogP contribution >= 0.6 is 0 Å². The molecule has 1 unspecified atom stereocenters. The van der Waals surface area contributed by atoms with Gasteiger partial charge in [0.1, 0.15) is 0 Å². The average Bonchev–Trinajstić information content (AvgIpc) is 3.25. The molecular formula is C18H30N2O. The third-order valence-electron chi connectivity index (χ3n) is 5.51. The van der Waals surface area contributed by atoms with Crippen molar-refractivity contribution in [1.29, 1.82) is 0 Å². The van der Waals surface area contributed by atoms with E-state index in [1.54, 1.807) is 0 Å². The lowest BCUT2D eigenvalue weighted by molar-refractivity contribution is 0.0765. The Bertz CT molecular complexity index is 403. The Labute approximate surface area is 129 Å². The molecule has 1 aliphatic carbocycles. The molecule has 1 atom stereocenters. The van der Waals surface area contributed by atoms with Gasteiger partial charge in [0.2, 0.25) is 0 Å². The summed E-state index contributed by atoms with van der Waals surface area (Å²) in [7, 11) is 0. The van der Waals surface area contributed by atoms with E-state index in [2.05, 4.69) is 23.2 Å². The summed E-state index contributed by atoms with van der Waals surface area (Å²) >= 11 is 0. The maximum atomic E-state index is 5.30. The Morgan fingerprint density at radius 3 is 2.62 bits per heavy atom. The summed E-state index contributed by atoms with van der Waals surface area (Å²) in [5, 5.41) is 3.88. The topological polar surface area (TPSA) is 28.4 Å². The first kappa shape index (κ1) is 15.1. The van der Waals surface area contributed by atoms with Crippen molar-refractivity contribution in [3.05, 3.63) is 24.2 Å². The van der Waals surface area contributed by atoms with E-state index in [-0.39, 0.29) is 0 Å². The van der Waals surface area contributed by atoms with Gasteiger partial charge in [-0.3, -0.25) is 4.90 Å². The number of nitrogens with one attached hydrogen (secondary N) is 1. The molecule has 0 bridgehead atoms. The van der Waals surface area contributed by atoms with Crippen LogP contribution in [0.15, 0.2) is 23.0 Å². The van der Waals surface area contributed by atoms with Crippen molar-refractivity contribution in [3.63, 3.8) is 0 Å². The lowest BCUT2D eigenvalue weighted by Crippen LogP contribution is -2.60. The van der Waals surface area contributed by atoms with Gasteiger partial charge in [0.05, 0.1) is 12.5 Å². The Morgan fingerprint density at radius 1 is 1.24 bits per heavy atom. The van der Waals surface area contributed by atoms with E-state index in [1.165, 1.54) is 63.6 Å². The van der Waals surface area contributed by atoms with Crippen LogP contribution in [0.3, 0.4) is 0 Å². The quantitative estimate of drug-likeness (QED) is 0.831. The van der Waals surface area contributed by atoms with Gasteiger partial charge >= 0.3 is 0 Å². The highest BCUT2D eigenvalue weighted by Crippen LogP contribution is 2.41. The van der Waals surface area contributed by atoms with E-state index in [4.69, 9.17) is 4.42 Å². The molecule has 1 N–H and O–H groups in total. The number of hydrogen-bond donors (Lipinski definition) is 1. The molecule has 0 spiro atoms. The Kier molecular flexibility index (Phi) is 5.02. The van der Waals surface area contributed by atoms with E-state index in [9.17, 15) is 0 Å². The zero-order chi connectivity index (χ0) is 14.5. The van der Waals surface area contributed by atoms with Crippen molar-refractivity contribution in [1.82, 2.24) is 10.2 Å². The van der Waals surface area contributed by atoms with Crippen molar-refractivity contribution in [3.8, 4) is 0 Å². The fourth-order valence-corrected chi connectivity index (χ4v) is 4.45. The standard InChI is InChI=1S/C18H30N2O/c1-2-10-19-17(14-16-7-13-21-15-16)18(8-3-4-9-18)20-11-5-6-12-20/h7,13,15,17,19H,2-6,8-12,14H2,1H3. The summed E-state index contributed by atoms with van der Waals surface area (Å²) in [6.07, 6.45) is 14.3. The number of hydrogen-bond acceptors (Lipinski definition) is 3. The molecule has 3 nitrogen and oxygen atoms in total. The van der Waals surface area contributed by atoms with Crippen molar-refractivity contribution in [2.24, 2.45) is 0 Å². The van der Waals surface area contributed by atoms with Gasteiger partial charge in [-0.1, -0.05) is 19.8 Å². The molecule has 21 heavy (non-hydrogen) atoms. The Morgan fingerprint density at radius 2 is 2.00 bits per heavy atom. The van der Waals surface area contributed by atoms with E-state index < -0.39 is 0 Å². The van der Waals surface area contributed by atoms with Gasteiger partial charge in [-0.15, -0.1) is 0 Å². The highest BCUT2D eigenvalue weighted by atomic mass is 16.3. The molecule has 1 aromatic rings. The average molecular weight is 290 g/mol. The predicted octanol–water partition coefficient (Wildman–Crippen LogP) is 3.60. The maximum Gasteiger partial charge on any atom is 0.0935 e. The van der Waals surface area contributed by atoms with Gasteiger partial charge in [0, 0.05) is 11.6 Å². The minimum absolute atomic E-state index is 0.392. The molecule has 3 heteroatoms. The molecule has 0 radical (unpaired) electrons. The molecule has 1 saturated heterocycles. The SMILES string of the molecule is CCCNC(Cc1ccoc1)C1(N2CCCC2)CCCC1. The summed E-state index contributed by atoms with van der Waals surface area (Å²) in [5.74, 6) is 0. The van der Waals surface area contributed by atoms with Gasteiger partial charge in [0.25, 0.3) is 0 Å². The fraction of sp³-hybridized carbons (Fsp3) is 0.778. The first-order chi connectivity index (χ1) is 10.3. The summed E-state index contributed by atoms with van der Waals surface area (Å²) in [6, 6.07) is 2.70. The van der Waals surface area contributed by atoms with Crippen molar-refractivity contribution < 1.29 is 4.42 Å². The molecule has 1 aliphatic heterocycles. The van der Waals surface area contributed by atoms with Gasteiger partial charge < -0.3 is 9.73 Å². The zero-order valence-electron chi connectivity index (χ0n) is 13.4. The summed E-state index contributed by atoms with van der Waals surface area (Å²) < 4.78 is 5.30. The van der Waals surface area contributed by atoms with Crippen LogP contribution in [0.4, 0.5) is 0 Å². The van der Waals surface area contributed by atoms with Crippen molar-refractivity contribution in [2.75, 3.05) is 19.6 Å². The van der Waals surface area contributed by atoms with Gasteiger partial charge in [0.15, 0.2) is 0 Å². The minimum atomic E-state index is 0.392. The largest absolute Gasteiger partial charge is 0.472 e. The number of likely N-dealkylation sites (tertiary alicyclic amines) is 1.